The maximum Gasteiger partial charge on any atom is 0.341 e. The van der Waals surface area contributed by atoms with Crippen molar-refractivity contribution >= 4 is 51.9 Å². The average molecular weight is 372 g/mol. The molecule has 0 aliphatic carbocycles. The topological polar surface area (TPSA) is 82.5 Å². The molecule has 0 saturated carbocycles. The van der Waals surface area contributed by atoms with Gasteiger partial charge in [0.15, 0.2) is 0 Å². The SMILES string of the molecule is CN(C)C(=O)Nc1snc(SCc2cccc(Cl)c2)c1C(=O)O. The lowest BCUT2D eigenvalue weighted by atomic mass is 10.2. The van der Waals surface area contributed by atoms with Crippen molar-refractivity contribution in [3.05, 3.63) is 40.4 Å². The molecule has 0 unspecified atom stereocenters. The molecule has 9 heteroatoms. The van der Waals surface area contributed by atoms with Gasteiger partial charge in [-0.2, -0.15) is 4.37 Å². The zero-order valence-corrected chi connectivity index (χ0v) is 14.8. The molecule has 1 aromatic heterocycles. The van der Waals surface area contributed by atoms with Crippen LogP contribution in [0.3, 0.4) is 0 Å². The van der Waals surface area contributed by atoms with Gasteiger partial charge in [0.05, 0.1) is 0 Å². The molecule has 0 spiro atoms. The number of rotatable bonds is 5. The third-order valence-corrected chi connectivity index (χ3v) is 4.93. The van der Waals surface area contributed by atoms with E-state index in [1.54, 1.807) is 20.2 Å². The average Bonchev–Trinajstić information content (AvgIpc) is 2.88. The Bertz CT molecular complexity index is 734. The number of amides is 2. The Kier molecular flexibility index (Phi) is 5.86. The lowest BCUT2D eigenvalue weighted by Gasteiger charge is -2.10. The Labute approximate surface area is 146 Å². The molecule has 0 bridgehead atoms. The number of hydrogen-bond acceptors (Lipinski definition) is 5. The smallest absolute Gasteiger partial charge is 0.341 e. The van der Waals surface area contributed by atoms with Crippen molar-refractivity contribution in [1.82, 2.24) is 9.27 Å². The van der Waals surface area contributed by atoms with Gasteiger partial charge in [0.25, 0.3) is 0 Å². The van der Waals surface area contributed by atoms with E-state index in [4.69, 9.17) is 11.6 Å². The lowest BCUT2D eigenvalue weighted by molar-refractivity contribution is 0.0694. The van der Waals surface area contributed by atoms with Gasteiger partial charge in [-0.25, -0.2) is 9.59 Å². The number of urea groups is 1. The maximum atomic E-state index is 11.7. The summed E-state index contributed by atoms with van der Waals surface area (Å²) in [5.74, 6) is -0.590. The number of nitrogens with zero attached hydrogens (tertiary/aromatic N) is 2. The maximum absolute atomic E-state index is 11.7. The summed E-state index contributed by atoms with van der Waals surface area (Å²) in [7, 11) is 3.15. The zero-order valence-electron chi connectivity index (χ0n) is 12.4. The van der Waals surface area contributed by atoms with Crippen molar-refractivity contribution in [2.45, 2.75) is 10.8 Å². The molecule has 0 aliphatic heterocycles. The Morgan fingerprint density at radius 1 is 1.43 bits per heavy atom. The Hall–Kier alpha value is -1.77. The third-order valence-electron chi connectivity index (χ3n) is 2.77. The van der Waals surface area contributed by atoms with E-state index in [9.17, 15) is 14.7 Å². The van der Waals surface area contributed by atoms with Crippen LogP contribution >= 0.6 is 34.9 Å². The van der Waals surface area contributed by atoms with E-state index >= 15 is 0 Å². The van der Waals surface area contributed by atoms with Crippen molar-refractivity contribution in [3.63, 3.8) is 0 Å². The summed E-state index contributed by atoms with van der Waals surface area (Å²) < 4.78 is 4.14. The van der Waals surface area contributed by atoms with E-state index in [-0.39, 0.29) is 10.6 Å². The Morgan fingerprint density at radius 2 is 2.17 bits per heavy atom. The number of hydrogen-bond donors (Lipinski definition) is 2. The Balaban J connectivity index is 2.17. The minimum Gasteiger partial charge on any atom is -0.477 e. The molecule has 23 heavy (non-hydrogen) atoms. The minimum atomic E-state index is -1.12. The van der Waals surface area contributed by atoms with Gasteiger partial charge in [-0.15, -0.1) is 0 Å². The fourth-order valence-corrected chi connectivity index (χ4v) is 3.73. The van der Waals surface area contributed by atoms with Gasteiger partial charge in [0.2, 0.25) is 0 Å². The number of aromatic carboxylic acids is 1. The monoisotopic (exact) mass is 371 g/mol. The normalized spacial score (nSPS) is 10.4. The Morgan fingerprint density at radius 3 is 2.78 bits per heavy atom. The second-order valence-electron chi connectivity index (χ2n) is 4.74. The van der Waals surface area contributed by atoms with Crippen LogP contribution in [-0.2, 0) is 5.75 Å². The number of carbonyl (C=O) groups is 2. The molecule has 2 amide bonds. The highest BCUT2D eigenvalue weighted by Crippen LogP contribution is 2.34. The summed E-state index contributed by atoms with van der Waals surface area (Å²) in [5, 5.41) is 13.2. The number of nitrogens with one attached hydrogen (secondary N) is 1. The van der Waals surface area contributed by atoms with Crippen LogP contribution in [0.5, 0.6) is 0 Å². The van der Waals surface area contributed by atoms with E-state index in [1.165, 1.54) is 16.7 Å². The van der Waals surface area contributed by atoms with Crippen LogP contribution in [0.2, 0.25) is 5.02 Å². The van der Waals surface area contributed by atoms with Crippen molar-refractivity contribution < 1.29 is 14.7 Å². The number of thioether (sulfide) groups is 1. The molecule has 6 nitrogen and oxygen atoms in total. The van der Waals surface area contributed by atoms with E-state index in [0.717, 1.165) is 17.1 Å². The largest absolute Gasteiger partial charge is 0.477 e. The number of carboxylic acids is 1. The lowest BCUT2D eigenvalue weighted by Crippen LogP contribution is -2.27. The van der Waals surface area contributed by atoms with Gasteiger partial charge in [0, 0.05) is 24.9 Å². The molecule has 1 aromatic carbocycles. The van der Waals surface area contributed by atoms with Gasteiger partial charge >= 0.3 is 12.0 Å². The number of carboxylic acid groups (broad SMARTS) is 1. The van der Waals surface area contributed by atoms with Gasteiger partial charge in [0.1, 0.15) is 15.6 Å². The molecule has 0 radical (unpaired) electrons. The predicted molar refractivity (Wildman–Crippen MR) is 92.8 cm³/mol. The van der Waals surface area contributed by atoms with E-state index in [0.29, 0.717) is 15.8 Å². The summed E-state index contributed by atoms with van der Waals surface area (Å²) in [6.07, 6.45) is 0. The minimum absolute atomic E-state index is 0.0113. The molecule has 2 N–H and O–H groups in total. The van der Waals surface area contributed by atoms with Crippen LogP contribution in [0.25, 0.3) is 0 Å². The summed E-state index contributed by atoms with van der Waals surface area (Å²) in [6.45, 7) is 0. The summed E-state index contributed by atoms with van der Waals surface area (Å²) in [5.41, 5.74) is 0.975. The van der Waals surface area contributed by atoms with Crippen molar-refractivity contribution in [2.24, 2.45) is 0 Å². The first kappa shape index (κ1) is 17.6. The number of carbonyl (C=O) groups excluding carboxylic acids is 1. The van der Waals surface area contributed by atoms with Gasteiger partial charge in [-0.3, -0.25) is 5.32 Å². The molecular weight excluding hydrogens is 358 g/mol. The quantitative estimate of drug-likeness (QED) is 0.779. The van der Waals surface area contributed by atoms with Crippen LogP contribution in [-0.4, -0.2) is 40.5 Å². The van der Waals surface area contributed by atoms with Crippen molar-refractivity contribution in [2.75, 3.05) is 19.4 Å². The first-order chi connectivity index (χ1) is 10.9. The second-order valence-corrected chi connectivity index (χ2v) is 6.91. The molecule has 0 atom stereocenters. The molecule has 0 fully saturated rings. The van der Waals surface area contributed by atoms with Crippen molar-refractivity contribution in [3.8, 4) is 0 Å². The summed E-state index contributed by atoms with van der Waals surface area (Å²) >= 11 is 8.17. The fourth-order valence-electron chi connectivity index (χ4n) is 1.64. The fraction of sp³-hybridized carbons (Fsp3) is 0.214. The van der Waals surface area contributed by atoms with Crippen molar-refractivity contribution in [1.29, 1.82) is 0 Å². The zero-order chi connectivity index (χ0) is 17.0. The van der Waals surface area contributed by atoms with Crippen LogP contribution in [0.1, 0.15) is 15.9 Å². The predicted octanol–water partition coefficient (Wildman–Crippen LogP) is 3.88. The summed E-state index contributed by atoms with van der Waals surface area (Å²) in [6, 6.07) is 6.93. The molecule has 122 valence electrons. The summed E-state index contributed by atoms with van der Waals surface area (Å²) in [4.78, 5) is 24.5. The van der Waals surface area contributed by atoms with E-state index in [1.807, 2.05) is 18.2 Å². The van der Waals surface area contributed by atoms with Gasteiger partial charge in [-0.05, 0) is 29.2 Å². The van der Waals surface area contributed by atoms with Gasteiger partial charge in [-0.1, -0.05) is 35.5 Å². The molecule has 0 saturated heterocycles. The third kappa shape index (κ3) is 4.60. The number of halogens is 1. The molecular formula is C14H14ClN3O3S2. The van der Waals surface area contributed by atoms with E-state index < -0.39 is 12.0 Å². The van der Waals surface area contributed by atoms with Crippen LogP contribution < -0.4 is 5.32 Å². The van der Waals surface area contributed by atoms with Gasteiger partial charge < -0.3 is 10.0 Å². The van der Waals surface area contributed by atoms with Crippen LogP contribution in [0, 0.1) is 0 Å². The first-order valence-electron chi connectivity index (χ1n) is 6.47. The van der Waals surface area contributed by atoms with E-state index in [2.05, 4.69) is 9.69 Å². The standard InChI is InChI=1S/C14H14ClN3O3S2/c1-18(2)14(21)16-11-10(13(19)20)12(17-23-11)22-7-8-4-3-5-9(15)6-8/h3-6H,7H2,1-2H3,(H,16,21)(H,19,20). The highest BCUT2D eigenvalue weighted by Gasteiger charge is 2.22. The highest BCUT2D eigenvalue weighted by molar-refractivity contribution is 7.98. The molecule has 0 aliphatic rings. The first-order valence-corrected chi connectivity index (χ1v) is 8.60. The molecule has 2 rings (SSSR count). The number of aromatic nitrogens is 1. The second kappa shape index (κ2) is 7.67. The van der Waals surface area contributed by atoms with Crippen LogP contribution in [0.4, 0.5) is 9.80 Å². The molecule has 2 aromatic rings. The van der Waals surface area contributed by atoms with Crippen LogP contribution in [0.15, 0.2) is 29.3 Å². The number of anilines is 1. The molecule has 1 heterocycles. The number of benzene rings is 1. The highest BCUT2D eigenvalue weighted by atomic mass is 35.5.